The van der Waals surface area contributed by atoms with Crippen LogP contribution in [0.2, 0.25) is 0 Å². The van der Waals surface area contributed by atoms with Crippen molar-refractivity contribution in [2.75, 3.05) is 18.3 Å². The standard InChI is InChI=1S/C28H29F2N3O4/c1-5-18(6-2)31-16-33(32-15-14-22(34)26(35)25(32)28(31)36)24(19-11-9-8-10-17(19)4)20-12-13-21(29)23(30)27(20)37-7-3/h5,8-15,18,24,35H,1,6-7,16H2,2-4H3/t18-,24+/m0/s1. The van der Waals surface area contributed by atoms with Crippen LogP contribution in [0.3, 0.4) is 0 Å². The Labute approximate surface area is 213 Å². The number of hydrogen-bond acceptors (Lipinski definition) is 5. The maximum absolute atomic E-state index is 15.1. The van der Waals surface area contributed by atoms with Gasteiger partial charge in [0.15, 0.2) is 23.0 Å². The van der Waals surface area contributed by atoms with Crippen molar-refractivity contribution in [3.8, 4) is 11.5 Å². The van der Waals surface area contributed by atoms with Gasteiger partial charge in [0, 0.05) is 17.8 Å². The van der Waals surface area contributed by atoms with Gasteiger partial charge in [-0.2, -0.15) is 4.39 Å². The summed E-state index contributed by atoms with van der Waals surface area (Å²) in [6.07, 6.45) is 3.55. The Hall–Kier alpha value is -4.14. The molecule has 0 saturated heterocycles. The highest BCUT2D eigenvalue weighted by Gasteiger charge is 2.40. The molecule has 4 rings (SSSR count). The van der Waals surface area contributed by atoms with E-state index in [1.807, 2.05) is 38.1 Å². The number of rotatable bonds is 8. The smallest absolute Gasteiger partial charge is 0.278 e. The van der Waals surface area contributed by atoms with Crippen molar-refractivity contribution in [1.29, 1.82) is 0 Å². The van der Waals surface area contributed by atoms with Crippen LogP contribution >= 0.6 is 0 Å². The van der Waals surface area contributed by atoms with E-state index in [-0.39, 0.29) is 24.7 Å². The van der Waals surface area contributed by atoms with Crippen LogP contribution in [0.5, 0.6) is 11.5 Å². The number of aryl methyl sites for hydroxylation is 1. The van der Waals surface area contributed by atoms with Crippen LogP contribution in [0.15, 0.2) is 66.1 Å². The number of ether oxygens (including phenoxy) is 1. The molecule has 0 radical (unpaired) electrons. The zero-order chi connectivity index (χ0) is 26.9. The van der Waals surface area contributed by atoms with Gasteiger partial charge in [0.05, 0.1) is 12.6 Å². The van der Waals surface area contributed by atoms with E-state index in [1.165, 1.54) is 21.8 Å². The van der Waals surface area contributed by atoms with Crippen molar-refractivity contribution in [2.24, 2.45) is 0 Å². The van der Waals surface area contributed by atoms with Crippen molar-refractivity contribution in [3.05, 3.63) is 106 Å². The molecule has 0 unspecified atom stereocenters. The van der Waals surface area contributed by atoms with Gasteiger partial charge in [0.1, 0.15) is 12.7 Å². The quantitative estimate of drug-likeness (QED) is 0.448. The fourth-order valence-electron chi connectivity index (χ4n) is 4.77. The van der Waals surface area contributed by atoms with Crippen LogP contribution < -0.4 is 15.2 Å². The molecule has 2 heterocycles. The lowest BCUT2D eigenvalue weighted by Crippen LogP contribution is -2.57. The molecule has 1 aromatic heterocycles. The van der Waals surface area contributed by atoms with Crippen LogP contribution in [-0.4, -0.2) is 39.9 Å². The second-order valence-electron chi connectivity index (χ2n) is 8.76. The van der Waals surface area contributed by atoms with E-state index in [0.717, 1.165) is 23.3 Å². The minimum Gasteiger partial charge on any atom is -0.502 e. The molecule has 3 aromatic rings. The zero-order valence-electron chi connectivity index (χ0n) is 20.9. The van der Waals surface area contributed by atoms with Crippen molar-refractivity contribution in [1.82, 2.24) is 9.58 Å². The average molecular weight is 510 g/mol. The van der Waals surface area contributed by atoms with Crippen molar-refractivity contribution in [3.63, 3.8) is 0 Å². The Morgan fingerprint density at radius 3 is 2.49 bits per heavy atom. The molecule has 0 saturated carbocycles. The van der Waals surface area contributed by atoms with Crippen molar-refractivity contribution < 1.29 is 23.4 Å². The maximum Gasteiger partial charge on any atom is 0.278 e. The summed E-state index contributed by atoms with van der Waals surface area (Å²) < 4.78 is 36.4. The summed E-state index contributed by atoms with van der Waals surface area (Å²) >= 11 is 0. The normalized spacial score (nSPS) is 14.8. The summed E-state index contributed by atoms with van der Waals surface area (Å²) in [7, 11) is 0. The number of fused-ring (bicyclic) bond motifs is 1. The van der Waals surface area contributed by atoms with Crippen LogP contribution in [-0.2, 0) is 0 Å². The number of halogens is 2. The van der Waals surface area contributed by atoms with E-state index in [4.69, 9.17) is 4.74 Å². The zero-order valence-corrected chi connectivity index (χ0v) is 20.9. The molecule has 1 aliphatic rings. The number of aromatic nitrogens is 1. The van der Waals surface area contributed by atoms with Gasteiger partial charge < -0.3 is 14.7 Å². The Morgan fingerprint density at radius 2 is 1.84 bits per heavy atom. The Morgan fingerprint density at radius 1 is 1.11 bits per heavy atom. The van der Waals surface area contributed by atoms with E-state index < -0.39 is 40.8 Å². The molecule has 37 heavy (non-hydrogen) atoms. The highest BCUT2D eigenvalue weighted by molar-refractivity contribution is 5.96. The largest absolute Gasteiger partial charge is 0.502 e. The first-order valence-corrected chi connectivity index (χ1v) is 12.1. The van der Waals surface area contributed by atoms with Gasteiger partial charge >= 0.3 is 0 Å². The van der Waals surface area contributed by atoms with Gasteiger partial charge in [-0.15, -0.1) is 6.58 Å². The Balaban J connectivity index is 2.06. The lowest BCUT2D eigenvalue weighted by Gasteiger charge is -2.46. The molecule has 1 aliphatic heterocycles. The molecule has 0 bridgehead atoms. The van der Waals surface area contributed by atoms with Crippen LogP contribution in [0, 0.1) is 18.6 Å². The molecule has 0 aliphatic carbocycles. The number of nitrogens with zero attached hydrogens (tertiary/aromatic N) is 3. The monoisotopic (exact) mass is 509 g/mol. The van der Waals surface area contributed by atoms with E-state index in [9.17, 15) is 19.1 Å². The minimum absolute atomic E-state index is 0.00221. The lowest BCUT2D eigenvalue weighted by molar-refractivity contribution is 0.0625. The fourth-order valence-corrected chi connectivity index (χ4v) is 4.77. The summed E-state index contributed by atoms with van der Waals surface area (Å²) in [5.74, 6) is -3.66. The molecule has 0 spiro atoms. The lowest BCUT2D eigenvalue weighted by atomic mass is 9.93. The highest BCUT2D eigenvalue weighted by Crippen LogP contribution is 2.40. The first-order chi connectivity index (χ1) is 17.7. The molecule has 2 atom stereocenters. The van der Waals surface area contributed by atoms with Gasteiger partial charge in [0.2, 0.25) is 11.2 Å². The summed E-state index contributed by atoms with van der Waals surface area (Å²) in [6, 6.07) is 9.86. The number of amides is 1. The topological polar surface area (TPSA) is 75.0 Å². The molecular formula is C28H29F2N3O4. The van der Waals surface area contributed by atoms with Crippen molar-refractivity contribution >= 4 is 5.91 Å². The number of carbonyl (C=O) groups excluding carboxylic acids is 1. The molecule has 1 N–H and O–H groups in total. The first-order valence-electron chi connectivity index (χ1n) is 12.1. The average Bonchev–Trinajstić information content (AvgIpc) is 2.89. The van der Waals surface area contributed by atoms with Crippen LogP contribution in [0.1, 0.15) is 53.5 Å². The highest BCUT2D eigenvalue weighted by atomic mass is 19.2. The molecule has 2 aromatic carbocycles. The van der Waals surface area contributed by atoms with Gasteiger partial charge in [-0.05, 0) is 43.5 Å². The SMILES string of the molecule is C=C[C@@H](CC)N1CN([C@H](c2ccccc2C)c2ccc(F)c(F)c2OCC)n2ccc(=O)c(O)c2C1=O. The maximum atomic E-state index is 15.1. The van der Waals surface area contributed by atoms with Gasteiger partial charge in [-0.3, -0.25) is 19.3 Å². The van der Waals surface area contributed by atoms with E-state index in [2.05, 4.69) is 6.58 Å². The number of hydrogen-bond donors (Lipinski definition) is 1. The predicted molar refractivity (Wildman–Crippen MR) is 136 cm³/mol. The minimum atomic E-state index is -1.12. The summed E-state index contributed by atoms with van der Waals surface area (Å²) in [4.78, 5) is 27.4. The van der Waals surface area contributed by atoms with E-state index in [0.29, 0.717) is 12.0 Å². The van der Waals surface area contributed by atoms with Gasteiger partial charge in [0.25, 0.3) is 5.91 Å². The summed E-state index contributed by atoms with van der Waals surface area (Å²) in [5.41, 5.74) is 0.979. The predicted octanol–water partition coefficient (Wildman–Crippen LogP) is 4.64. The molecule has 1 amide bonds. The Bertz CT molecular complexity index is 1400. The number of aromatic hydroxyl groups is 1. The molecule has 9 heteroatoms. The third-order valence-electron chi connectivity index (χ3n) is 6.63. The summed E-state index contributed by atoms with van der Waals surface area (Å²) in [5, 5.41) is 12.4. The van der Waals surface area contributed by atoms with E-state index in [1.54, 1.807) is 18.0 Å². The molecule has 0 fully saturated rings. The second-order valence-corrected chi connectivity index (χ2v) is 8.76. The molecule has 194 valence electrons. The third-order valence-corrected chi connectivity index (χ3v) is 6.63. The number of benzene rings is 2. The van der Waals surface area contributed by atoms with Crippen LogP contribution in [0.4, 0.5) is 8.78 Å². The third kappa shape index (κ3) is 4.45. The molecular weight excluding hydrogens is 480 g/mol. The summed E-state index contributed by atoms with van der Waals surface area (Å²) in [6.45, 7) is 9.39. The fraction of sp³-hybridized carbons (Fsp3) is 0.286. The number of pyridine rings is 1. The van der Waals surface area contributed by atoms with Crippen molar-refractivity contribution in [2.45, 2.75) is 39.3 Å². The van der Waals surface area contributed by atoms with E-state index >= 15 is 4.39 Å². The second kappa shape index (κ2) is 10.5. The van der Waals surface area contributed by atoms with Gasteiger partial charge in [-0.1, -0.05) is 37.3 Å². The molecule has 7 nitrogen and oxygen atoms in total. The van der Waals surface area contributed by atoms with Gasteiger partial charge in [-0.25, -0.2) is 4.39 Å². The first kappa shape index (κ1) is 25.9. The number of carbonyl (C=O) groups is 1. The Kier molecular flexibility index (Phi) is 7.33. The van der Waals surface area contributed by atoms with Crippen LogP contribution in [0.25, 0.3) is 0 Å².